The second-order valence-electron chi connectivity index (χ2n) is 9.16. The van der Waals surface area contributed by atoms with Gasteiger partial charge in [0.2, 0.25) is 10.0 Å². The van der Waals surface area contributed by atoms with Gasteiger partial charge in [-0.1, -0.05) is 6.92 Å². The molecule has 7 nitrogen and oxygen atoms in total. The summed E-state index contributed by atoms with van der Waals surface area (Å²) in [6.45, 7) is 3.53. The topological polar surface area (TPSA) is 91.8 Å². The van der Waals surface area contributed by atoms with Crippen LogP contribution in [0.2, 0.25) is 0 Å². The van der Waals surface area contributed by atoms with Gasteiger partial charge in [-0.2, -0.15) is 5.10 Å². The van der Waals surface area contributed by atoms with Crippen LogP contribution in [0.1, 0.15) is 56.9 Å². The summed E-state index contributed by atoms with van der Waals surface area (Å²) >= 11 is 0. The van der Waals surface area contributed by atoms with E-state index in [-0.39, 0.29) is 5.92 Å². The first-order chi connectivity index (χ1) is 14.5. The maximum Gasteiger partial charge on any atom is 0.214 e. The molecule has 0 amide bonds. The second kappa shape index (κ2) is 7.89. The minimum absolute atomic E-state index is 0.250. The number of rotatable bonds is 4. The molecule has 0 bridgehead atoms. The highest BCUT2D eigenvalue weighted by Gasteiger charge is 2.32. The smallest absolute Gasteiger partial charge is 0.214 e. The highest BCUT2D eigenvalue weighted by atomic mass is 32.2. The van der Waals surface area contributed by atoms with Crippen molar-refractivity contribution in [3.05, 3.63) is 30.2 Å². The molecule has 1 atom stereocenters. The van der Waals surface area contributed by atoms with Crippen molar-refractivity contribution in [2.45, 2.75) is 51.4 Å². The summed E-state index contributed by atoms with van der Waals surface area (Å²) in [5.74, 6) is 1.41. The largest absolute Gasteiger partial charge is 0.276 e. The number of piperidine rings is 1. The van der Waals surface area contributed by atoms with Gasteiger partial charge in [-0.15, -0.1) is 0 Å². The number of H-pyrrole nitrogens is 1. The van der Waals surface area contributed by atoms with Crippen molar-refractivity contribution in [2.24, 2.45) is 11.8 Å². The maximum absolute atomic E-state index is 12.9. The Kier molecular flexibility index (Phi) is 5.23. The summed E-state index contributed by atoms with van der Waals surface area (Å²) in [7, 11) is -3.15. The molecular weight excluding hydrogens is 398 g/mol. The molecule has 3 aromatic heterocycles. The maximum atomic E-state index is 12.9. The lowest BCUT2D eigenvalue weighted by Gasteiger charge is -2.33. The van der Waals surface area contributed by atoms with Crippen LogP contribution in [0.5, 0.6) is 0 Å². The molecule has 1 aliphatic heterocycles. The van der Waals surface area contributed by atoms with Gasteiger partial charge in [0, 0.05) is 30.1 Å². The van der Waals surface area contributed by atoms with Crippen LogP contribution in [0.3, 0.4) is 0 Å². The summed E-state index contributed by atoms with van der Waals surface area (Å²) in [6.07, 6.45) is 11.5. The number of nitrogens with one attached hydrogen (secondary N) is 1. The van der Waals surface area contributed by atoms with Crippen molar-refractivity contribution in [3.8, 4) is 0 Å². The highest BCUT2D eigenvalue weighted by Crippen LogP contribution is 2.40. The Hall–Kier alpha value is -2.06. The Balaban J connectivity index is 1.31. The van der Waals surface area contributed by atoms with E-state index in [9.17, 15) is 8.42 Å². The van der Waals surface area contributed by atoms with Crippen molar-refractivity contribution < 1.29 is 8.42 Å². The third-order valence-electron chi connectivity index (χ3n) is 6.96. The predicted octanol–water partition coefficient (Wildman–Crippen LogP) is 3.84. The first-order valence-electron chi connectivity index (χ1n) is 11.1. The first-order valence-corrected chi connectivity index (χ1v) is 12.7. The monoisotopic (exact) mass is 427 g/mol. The van der Waals surface area contributed by atoms with Gasteiger partial charge in [-0.25, -0.2) is 22.7 Å². The Morgan fingerprint density at radius 3 is 2.77 bits per heavy atom. The molecule has 5 rings (SSSR count). The molecule has 2 fully saturated rings. The van der Waals surface area contributed by atoms with Crippen molar-refractivity contribution in [1.82, 2.24) is 24.5 Å². The molecule has 1 saturated heterocycles. The van der Waals surface area contributed by atoms with Crippen LogP contribution in [-0.4, -0.2) is 51.7 Å². The van der Waals surface area contributed by atoms with Gasteiger partial charge in [0.15, 0.2) is 5.65 Å². The number of nitrogens with zero attached hydrogens (tertiary/aromatic N) is 4. The van der Waals surface area contributed by atoms with Gasteiger partial charge in [0.25, 0.3) is 0 Å². The third-order valence-corrected chi connectivity index (χ3v) is 8.97. The van der Waals surface area contributed by atoms with E-state index >= 15 is 0 Å². The Morgan fingerprint density at radius 1 is 1.13 bits per heavy atom. The molecule has 2 aliphatic rings. The zero-order chi connectivity index (χ0) is 20.7. The average Bonchev–Trinajstić information content (AvgIpc) is 3.23. The van der Waals surface area contributed by atoms with E-state index in [4.69, 9.17) is 0 Å². The molecule has 8 heteroatoms. The summed E-state index contributed by atoms with van der Waals surface area (Å²) < 4.78 is 27.6. The third kappa shape index (κ3) is 3.71. The number of fused-ring (bicyclic) bond motifs is 3. The van der Waals surface area contributed by atoms with E-state index < -0.39 is 10.0 Å². The van der Waals surface area contributed by atoms with Crippen LogP contribution in [0.15, 0.2) is 24.7 Å². The van der Waals surface area contributed by atoms with E-state index in [2.05, 4.69) is 27.1 Å². The number of sulfonamides is 1. The average molecular weight is 428 g/mol. The van der Waals surface area contributed by atoms with E-state index in [0.717, 1.165) is 60.5 Å². The molecule has 1 unspecified atom stereocenters. The van der Waals surface area contributed by atoms with Gasteiger partial charge in [0.05, 0.1) is 23.7 Å². The molecule has 0 aromatic carbocycles. The lowest BCUT2D eigenvalue weighted by Crippen LogP contribution is -2.41. The highest BCUT2D eigenvalue weighted by molar-refractivity contribution is 7.89. The number of aromatic amines is 1. The van der Waals surface area contributed by atoms with Crippen molar-refractivity contribution in [2.75, 3.05) is 18.8 Å². The quantitative estimate of drug-likeness (QED) is 0.683. The molecule has 30 heavy (non-hydrogen) atoms. The molecule has 1 saturated carbocycles. The van der Waals surface area contributed by atoms with Gasteiger partial charge in [-0.05, 0) is 67.9 Å². The number of hydrogen-bond acceptors (Lipinski definition) is 5. The van der Waals surface area contributed by atoms with E-state index in [0.29, 0.717) is 30.7 Å². The molecule has 0 radical (unpaired) electrons. The zero-order valence-corrected chi connectivity index (χ0v) is 18.2. The van der Waals surface area contributed by atoms with Crippen LogP contribution in [0, 0.1) is 11.8 Å². The minimum Gasteiger partial charge on any atom is -0.276 e. The SMILES string of the molecule is CC1CCCN(S(=O)(=O)CC2CCC(c3cn[nH]c4cnc5nccc5c34)CC2)C1. The molecule has 0 spiro atoms. The Bertz CT molecular complexity index is 1150. The van der Waals surface area contributed by atoms with Crippen molar-refractivity contribution in [1.29, 1.82) is 0 Å². The molecule has 1 aliphatic carbocycles. The molecule has 1 N–H and O–H groups in total. The summed E-state index contributed by atoms with van der Waals surface area (Å²) in [5.41, 5.74) is 2.92. The normalized spacial score (nSPS) is 26.4. The van der Waals surface area contributed by atoms with Crippen LogP contribution >= 0.6 is 0 Å². The standard InChI is InChI=1S/C22H29N5O2S/c1-15-3-2-10-27(13-15)30(28,29)14-16-4-6-17(7-5-16)19-11-25-26-20-12-24-22-18(21(19)20)8-9-23-22/h8-9,11-12,15-17,26H,2-7,10,13-14H2,1H3. The van der Waals surface area contributed by atoms with Crippen LogP contribution in [0.25, 0.3) is 21.9 Å². The Labute approximate surface area is 177 Å². The predicted molar refractivity (Wildman–Crippen MR) is 118 cm³/mol. The fourth-order valence-corrected chi connectivity index (χ4v) is 7.37. The lowest BCUT2D eigenvalue weighted by atomic mass is 9.79. The van der Waals surface area contributed by atoms with E-state index in [1.165, 1.54) is 5.56 Å². The molecular formula is C22H29N5O2S. The lowest BCUT2D eigenvalue weighted by molar-refractivity contribution is 0.275. The van der Waals surface area contributed by atoms with Crippen LogP contribution in [0.4, 0.5) is 0 Å². The summed E-state index contributed by atoms with van der Waals surface area (Å²) in [4.78, 5) is 8.74. The van der Waals surface area contributed by atoms with Gasteiger partial charge in [-0.3, -0.25) is 5.10 Å². The fourth-order valence-electron chi connectivity index (χ4n) is 5.34. The summed E-state index contributed by atoms with van der Waals surface area (Å²) in [6, 6.07) is 2.01. The summed E-state index contributed by atoms with van der Waals surface area (Å²) in [5, 5.41) is 9.62. The van der Waals surface area contributed by atoms with Gasteiger partial charge in [0.1, 0.15) is 0 Å². The molecule has 160 valence electrons. The fraction of sp³-hybridized carbons (Fsp3) is 0.591. The number of hydrogen-bond donors (Lipinski definition) is 1. The molecule has 3 aromatic rings. The number of aromatic nitrogens is 4. The van der Waals surface area contributed by atoms with Crippen molar-refractivity contribution in [3.63, 3.8) is 0 Å². The van der Waals surface area contributed by atoms with Crippen molar-refractivity contribution >= 4 is 32.0 Å². The van der Waals surface area contributed by atoms with Crippen LogP contribution in [-0.2, 0) is 10.0 Å². The van der Waals surface area contributed by atoms with Crippen LogP contribution < -0.4 is 0 Å². The molecule has 4 heterocycles. The van der Waals surface area contributed by atoms with E-state index in [1.54, 1.807) is 16.7 Å². The number of pyridine rings is 1. The van der Waals surface area contributed by atoms with Gasteiger partial charge >= 0.3 is 0 Å². The zero-order valence-electron chi connectivity index (χ0n) is 17.4. The second-order valence-corrected chi connectivity index (χ2v) is 11.2. The van der Waals surface area contributed by atoms with Gasteiger partial charge < -0.3 is 0 Å². The Morgan fingerprint density at radius 2 is 1.97 bits per heavy atom. The van der Waals surface area contributed by atoms with E-state index in [1.807, 2.05) is 12.3 Å². The first kappa shape index (κ1) is 19.9. The minimum atomic E-state index is -3.15.